The number of methoxy groups -OCH3 is 1. The lowest BCUT2D eigenvalue weighted by Gasteiger charge is -2.25. The van der Waals surface area contributed by atoms with Gasteiger partial charge < -0.3 is 19.1 Å². The van der Waals surface area contributed by atoms with Gasteiger partial charge in [-0.15, -0.1) is 0 Å². The summed E-state index contributed by atoms with van der Waals surface area (Å²) in [5, 5.41) is 0. The minimum Gasteiger partial charge on any atom is -0.496 e. The van der Waals surface area contributed by atoms with Crippen LogP contribution in [-0.2, 0) is 16.1 Å². The van der Waals surface area contributed by atoms with Crippen LogP contribution in [0.15, 0.2) is 81.7 Å². The van der Waals surface area contributed by atoms with Crippen LogP contribution in [0.3, 0.4) is 0 Å². The van der Waals surface area contributed by atoms with Gasteiger partial charge in [0, 0.05) is 25.3 Å². The Morgan fingerprint density at radius 3 is 2.48 bits per heavy atom. The number of aryl methyl sites for hydroxylation is 1. The largest absolute Gasteiger partial charge is 0.496 e. The van der Waals surface area contributed by atoms with E-state index in [0.717, 1.165) is 39.3 Å². The van der Waals surface area contributed by atoms with Crippen LogP contribution in [0.5, 0.6) is 11.5 Å². The van der Waals surface area contributed by atoms with Gasteiger partial charge in [-0.2, -0.15) is 0 Å². The van der Waals surface area contributed by atoms with Gasteiger partial charge in [0.25, 0.3) is 5.56 Å². The number of hydrogen-bond acceptors (Lipinski definition) is 8. The van der Waals surface area contributed by atoms with Crippen LogP contribution in [0.4, 0.5) is 5.69 Å². The zero-order chi connectivity index (χ0) is 31.5. The average Bonchev–Trinajstić information content (AvgIpc) is 3.31. The van der Waals surface area contributed by atoms with E-state index in [9.17, 15) is 9.59 Å². The van der Waals surface area contributed by atoms with E-state index < -0.39 is 12.0 Å². The van der Waals surface area contributed by atoms with Gasteiger partial charge in [0.2, 0.25) is 0 Å². The van der Waals surface area contributed by atoms with Crippen molar-refractivity contribution in [2.24, 2.45) is 4.99 Å². The fourth-order valence-corrected chi connectivity index (χ4v) is 6.30. The van der Waals surface area contributed by atoms with Crippen LogP contribution in [0.1, 0.15) is 47.7 Å². The number of aromatic nitrogens is 1. The number of carbonyl (C=O) groups is 1. The SMILES string of the molecule is CCOC(=O)C1=C(C)N=c2s/c(=C/c3ccc(OC)c(COc4cccc(C)c4C)c3)c(=O)n2[C@H]1c1ccc(N(C)C)cc1. The van der Waals surface area contributed by atoms with Gasteiger partial charge in [-0.25, -0.2) is 9.79 Å². The molecular weight excluding hydrogens is 574 g/mol. The van der Waals surface area contributed by atoms with E-state index in [2.05, 4.69) is 13.0 Å². The summed E-state index contributed by atoms with van der Waals surface area (Å²) in [4.78, 5) is 34.5. The first-order chi connectivity index (χ1) is 21.1. The molecule has 0 N–H and O–H groups in total. The summed E-state index contributed by atoms with van der Waals surface area (Å²) in [7, 11) is 5.56. The summed E-state index contributed by atoms with van der Waals surface area (Å²) in [6, 6.07) is 18.9. The molecule has 4 aromatic rings. The Labute approximate surface area is 261 Å². The molecule has 2 heterocycles. The maximum absolute atomic E-state index is 14.0. The Morgan fingerprint density at radius 2 is 1.80 bits per heavy atom. The molecule has 0 spiro atoms. The molecule has 9 heteroatoms. The van der Waals surface area contributed by atoms with E-state index in [1.165, 1.54) is 11.3 Å². The van der Waals surface area contributed by atoms with Crippen molar-refractivity contribution in [1.29, 1.82) is 0 Å². The summed E-state index contributed by atoms with van der Waals surface area (Å²) in [6.45, 7) is 8.17. The average molecular weight is 612 g/mol. The molecule has 0 unspecified atom stereocenters. The lowest BCUT2D eigenvalue weighted by atomic mass is 9.95. The molecule has 3 aromatic carbocycles. The molecule has 1 atom stereocenters. The van der Waals surface area contributed by atoms with Crippen LogP contribution >= 0.6 is 11.3 Å². The number of hydrogen-bond donors (Lipinski definition) is 0. The third-order valence-electron chi connectivity index (χ3n) is 7.78. The Balaban J connectivity index is 1.58. The third kappa shape index (κ3) is 6.05. The highest BCUT2D eigenvalue weighted by Crippen LogP contribution is 2.32. The number of nitrogens with zero attached hydrogens (tertiary/aromatic N) is 3. The first-order valence-electron chi connectivity index (χ1n) is 14.5. The maximum atomic E-state index is 14.0. The van der Waals surface area contributed by atoms with Crippen LogP contribution in [0.25, 0.3) is 6.08 Å². The maximum Gasteiger partial charge on any atom is 0.338 e. The third-order valence-corrected chi connectivity index (χ3v) is 8.77. The van der Waals surface area contributed by atoms with E-state index in [4.69, 9.17) is 19.2 Å². The fourth-order valence-electron chi connectivity index (χ4n) is 5.25. The molecule has 0 saturated heterocycles. The molecule has 44 heavy (non-hydrogen) atoms. The number of ether oxygens (including phenoxy) is 3. The number of thiazole rings is 1. The molecule has 0 saturated carbocycles. The monoisotopic (exact) mass is 611 g/mol. The number of benzene rings is 3. The van der Waals surface area contributed by atoms with Gasteiger partial charge in [0.15, 0.2) is 4.80 Å². The van der Waals surface area contributed by atoms with Crippen molar-refractivity contribution in [3.8, 4) is 11.5 Å². The minimum atomic E-state index is -0.666. The highest BCUT2D eigenvalue weighted by atomic mass is 32.1. The molecule has 5 rings (SSSR count). The Bertz CT molecular complexity index is 1920. The number of anilines is 1. The summed E-state index contributed by atoms with van der Waals surface area (Å²) in [6.07, 6.45) is 1.85. The van der Waals surface area contributed by atoms with Crippen molar-refractivity contribution < 1.29 is 19.0 Å². The van der Waals surface area contributed by atoms with Crippen molar-refractivity contribution in [1.82, 2.24) is 4.57 Å². The first kappa shape index (κ1) is 30.8. The molecule has 1 aliphatic rings. The van der Waals surface area contributed by atoms with Crippen molar-refractivity contribution in [2.75, 3.05) is 32.7 Å². The molecular formula is C35H37N3O5S. The van der Waals surface area contributed by atoms with E-state index in [-0.39, 0.29) is 12.2 Å². The second-order valence-electron chi connectivity index (χ2n) is 10.8. The highest BCUT2D eigenvalue weighted by Gasteiger charge is 2.33. The minimum absolute atomic E-state index is 0.222. The Morgan fingerprint density at radius 1 is 1.05 bits per heavy atom. The number of rotatable bonds is 9. The van der Waals surface area contributed by atoms with Gasteiger partial charge in [-0.05, 0) is 86.4 Å². The molecule has 0 bridgehead atoms. The van der Waals surface area contributed by atoms with Crippen molar-refractivity contribution >= 4 is 29.1 Å². The van der Waals surface area contributed by atoms with Crippen LogP contribution in [0.2, 0.25) is 0 Å². The molecule has 228 valence electrons. The summed E-state index contributed by atoms with van der Waals surface area (Å²) in [5.41, 5.74) is 6.41. The van der Waals surface area contributed by atoms with Crippen LogP contribution in [-0.4, -0.2) is 38.3 Å². The Hall–Kier alpha value is -4.63. The number of carbonyl (C=O) groups excluding carboxylic acids is 1. The molecule has 0 amide bonds. The lowest BCUT2D eigenvalue weighted by molar-refractivity contribution is -0.139. The van der Waals surface area contributed by atoms with Crippen molar-refractivity contribution in [3.63, 3.8) is 0 Å². The zero-order valence-corrected chi connectivity index (χ0v) is 27.0. The van der Waals surface area contributed by atoms with Gasteiger partial charge in [-0.1, -0.05) is 41.7 Å². The summed E-state index contributed by atoms with van der Waals surface area (Å²) < 4.78 is 19.3. The highest BCUT2D eigenvalue weighted by molar-refractivity contribution is 7.07. The molecule has 0 fully saturated rings. The van der Waals surface area contributed by atoms with Gasteiger partial charge in [0.05, 0.1) is 35.6 Å². The van der Waals surface area contributed by atoms with Gasteiger partial charge >= 0.3 is 5.97 Å². The fraction of sp³-hybridized carbons (Fsp3) is 0.286. The molecule has 1 aromatic heterocycles. The van der Waals surface area contributed by atoms with Crippen molar-refractivity contribution in [3.05, 3.63) is 119 Å². The predicted molar refractivity (Wildman–Crippen MR) is 174 cm³/mol. The summed E-state index contributed by atoms with van der Waals surface area (Å²) in [5.74, 6) is 1.04. The zero-order valence-electron chi connectivity index (χ0n) is 26.1. The number of fused-ring (bicyclic) bond motifs is 1. The Kier molecular flexibility index (Phi) is 9.06. The smallest absolute Gasteiger partial charge is 0.338 e. The predicted octanol–water partition coefficient (Wildman–Crippen LogP) is 5.07. The topological polar surface area (TPSA) is 82.4 Å². The van der Waals surface area contributed by atoms with E-state index in [1.807, 2.05) is 86.6 Å². The lowest BCUT2D eigenvalue weighted by Crippen LogP contribution is -2.39. The van der Waals surface area contributed by atoms with E-state index in [1.54, 1.807) is 25.5 Å². The van der Waals surface area contributed by atoms with Crippen molar-refractivity contribution in [2.45, 2.75) is 40.3 Å². The standard InChI is InChI=1S/C35H37N3O5S/c1-8-42-34(40)31-23(4)36-35-38(32(31)25-13-15-27(16-14-25)37(5)6)33(39)30(44-35)19-24-12-17-29(41-7)26(18-24)20-43-28-11-9-10-21(2)22(28)3/h9-19,32H,8,20H2,1-7H3/b30-19+/t32-/m0/s1. The molecule has 8 nitrogen and oxygen atoms in total. The van der Waals surface area contributed by atoms with E-state index in [0.29, 0.717) is 33.0 Å². The second kappa shape index (κ2) is 12.9. The van der Waals surface area contributed by atoms with Gasteiger partial charge in [-0.3, -0.25) is 9.36 Å². The summed E-state index contributed by atoms with van der Waals surface area (Å²) >= 11 is 1.29. The van der Waals surface area contributed by atoms with E-state index >= 15 is 0 Å². The molecule has 0 aliphatic carbocycles. The first-order valence-corrected chi connectivity index (χ1v) is 15.3. The van der Waals surface area contributed by atoms with Crippen LogP contribution < -0.4 is 29.3 Å². The second-order valence-corrected chi connectivity index (χ2v) is 11.9. The quantitative estimate of drug-likeness (QED) is 0.246. The number of esters is 1. The molecule has 0 radical (unpaired) electrons. The normalized spacial score (nSPS) is 14.6. The number of allylic oxidation sites excluding steroid dienone is 1. The molecule has 1 aliphatic heterocycles. The van der Waals surface area contributed by atoms with Crippen LogP contribution in [0, 0.1) is 13.8 Å². The van der Waals surface area contributed by atoms with Gasteiger partial charge in [0.1, 0.15) is 18.1 Å².